The van der Waals surface area contributed by atoms with Crippen LogP contribution < -0.4 is 10.9 Å². The quantitative estimate of drug-likeness (QED) is 0.862. The van der Waals surface area contributed by atoms with Crippen LogP contribution in [0, 0.1) is 0 Å². The van der Waals surface area contributed by atoms with Gasteiger partial charge in [-0.25, -0.2) is 4.79 Å². The number of hydrogen-bond acceptors (Lipinski definition) is 5. The molecule has 4 rings (SSSR count). The second kappa shape index (κ2) is 6.61. The van der Waals surface area contributed by atoms with Crippen LogP contribution in [0.1, 0.15) is 25.3 Å². The summed E-state index contributed by atoms with van der Waals surface area (Å²) in [5.74, 6) is -0.147. The van der Waals surface area contributed by atoms with E-state index in [1.807, 2.05) is 12.1 Å². The van der Waals surface area contributed by atoms with E-state index in [-0.39, 0.29) is 11.5 Å². The van der Waals surface area contributed by atoms with Crippen molar-refractivity contribution in [3.8, 4) is 0 Å². The summed E-state index contributed by atoms with van der Waals surface area (Å²) in [5.41, 5.74) is 1.79. The van der Waals surface area contributed by atoms with Gasteiger partial charge in [-0.1, -0.05) is 0 Å². The number of fused-ring (bicyclic) bond motifs is 1. The van der Waals surface area contributed by atoms with Gasteiger partial charge in [0, 0.05) is 68.9 Å². The molecule has 0 atom stereocenters. The van der Waals surface area contributed by atoms with Gasteiger partial charge in [-0.15, -0.1) is 0 Å². The number of hydrogen-bond donors (Lipinski definition) is 1. The fraction of sp³-hybridized carbons (Fsp3) is 0.474. The Hall–Kier alpha value is -2.18. The summed E-state index contributed by atoms with van der Waals surface area (Å²) in [4.78, 5) is 28.1. The summed E-state index contributed by atoms with van der Waals surface area (Å²) in [6.45, 7) is 6.48. The maximum Gasteiger partial charge on any atom is 0.336 e. The predicted octanol–water partition coefficient (Wildman–Crippen LogP) is 2.03. The zero-order valence-corrected chi connectivity index (χ0v) is 14.5. The average molecular weight is 341 g/mol. The van der Waals surface area contributed by atoms with Gasteiger partial charge in [-0.2, -0.15) is 0 Å². The molecule has 1 amide bonds. The number of benzene rings is 1. The number of piperazine rings is 1. The van der Waals surface area contributed by atoms with Crippen LogP contribution in [-0.4, -0.2) is 47.9 Å². The monoisotopic (exact) mass is 341 g/mol. The van der Waals surface area contributed by atoms with Gasteiger partial charge in [0.15, 0.2) is 0 Å². The minimum absolute atomic E-state index is 0.147. The summed E-state index contributed by atoms with van der Waals surface area (Å²) in [6, 6.07) is 7.89. The van der Waals surface area contributed by atoms with Gasteiger partial charge in [0.05, 0.1) is 0 Å². The highest BCUT2D eigenvalue weighted by Gasteiger charge is 2.31. The lowest BCUT2D eigenvalue weighted by molar-refractivity contribution is -0.114. The molecule has 6 heteroatoms. The Morgan fingerprint density at radius 1 is 1.20 bits per heavy atom. The van der Waals surface area contributed by atoms with Crippen LogP contribution in [0.4, 0.5) is 5.69 Å². The number of nitrogens with zero attached hydrogens (tertiary/aromatic N) is 2. The number of rotatable bonds is 4. The zero-order chi connectivity index (χ0) is 17.4. The Kier molecular flexibility index (Phi) is 4.31. The molecule has 132 valence electrons. The topological polar surface area (TPSA) is 65.8 Å². The highest BCUT2D eigenvalue weighted by atomic mass is 16.4. The molecule has 1 N–H and O–H groups in total. The standard InChI is InChI=1S/C19H23N3O3/c1-13(23)20-15-2-5-17-14(10-19(24)25-18(17)11-15)12-21-6-8-22(9-7-21)16-3-4-16/h2,5,10-11,16H,3-4,6-9,12H2,1H3,(H,20,23). The van der Waals surface area contributed by atoms with E-state index < -0.39 is 0 Å². The van der Waals surface area contributed by atoms with Crippen molar-refractivity contribution in [2.75, 3.05) is 31.5 Å². The van der Waals surface area contributed by atoms with Crippen LogP contribution in [0.3, 0.4) is 0 Å². The summed E-state index contributed by atoms with van der Waals surface area (Å²) < 4.78 is 5.34. The Labute approximate surface area is 146 Å². The van der Waals surface area contributed by atoms with Crippen molar-refractivity contribution in [2.24, 2.45) is 0 Å². The lowest BCUT2D eigenvalue weighted by Gasteiger charge is -2.34. The van der Waals surface area contributed by atoms with E-state index in [1.54, 1.807) is 12.1 Å². The molecular weight excluding hydrogens is 318 g/mol. The van der Waals surface area contributed by atoms with Crippen LogP contribution in [0.5, 0.6) is 0 Å². The fourth-order valence-electron chi connectivity index (χ4n) is 3.61. The van der Waals surface area contributed by atoms with E-state index in [0.29, 0.717) is 11.3 Å². The van der Waals surface area contributed by atoms with Gasteiger partial charge in [-0.3, -0.25) is 14.6 Å². The molecular formula is C19H23N3O3. The van der Waals surface area contributed by atoms with Crippen molar-refractivity contribution in [3.05, 3.63) is 40.2 Å². The molecule has 25 heavy (non-hydrogen) atoms. The van der Waals surface area contributed by atoms with Crippen molar-refractivity contribution in [3.63, 3.8) is 0 Å². The summed E-state index contributed by atoms with van der Waals surface area (Å²) in [5, 5.41) is 3.65. The van der Waals surface area contributed by atoms with Crippen LogP contribution in [0.2, 0.25) is 0 Å². The molecule has 2 fully saturated rings. The largest absolute Gasteiger partial charge is 0.423 e. The first-order valence-corrected chi connectivity index (χ1v) is 8.89. The Balaban J connectivity index is 1.54. The third-order valence-electron chi connectivity index (χ3n) is 5.01. The third kappa shape index (κ3) is 3.75. The lowest BCUT2D eigenvalue weighted by atomic mass is 10.1. The van der Waals surface area contributed by atoms with Gasteiger partial charge in [0.2, 0.25) is 5.91 Å². The number of amides is 1. The van der Waals surface area contributed by atoms with Crippen molar-refractivity contribution < 1.29 is 9.21 Å². The number of carbonyl (C=O) groups is 1. The molecule has 1 aromatic carbocycles. The van der Waals surface area contributed by atoms with E-state index in [0.717, 1.165) is 49.7 Å². The van der Waals surface area contributed by atoms with Crippen molar-refractivity contribution in [1.82, 2.24) is 9.80 Å². The van der Waals surface area contributed by atoms with E-state index >= 15 is 0 Å². The second-order valence-corrected chi connectivity index (χ2v) is 7.03. The van der Waals surface area contributed by atoms with E-state index in [2.05, 4.69) is 15.1 Å². The fourth-order valence-corrected chi connectivity index (χ4v) is 3.61. The van der Waals surface area contributed by atoms with Gasteiger partial charge < -0.3 is 9.73 Å². The summed E-state index contributed by atoms with van der Waals surface area (Å²) >= 11 is 0. The number of nitrogens with one attached hydrogen (secondary N) is 1. The minimum Gasteiger partial charge on any atom is -0.423 e. The van der Waals surface area contributed by atoms with E-state index in [9.17, 15) is 9.59 Å². The van der Waals surface area contributed by atoms with Crippen LogP contribution in [-0.2, 0) is 11.3 Å². The lowest BCUT2D eigenvalue weighted by Crippen LogP contribution is -2.46. The van der Waals surface area contributed by atoms with E-state index in [4.69, 9.17) is 4.42 Å². The first-order valence-electron chi connectivity index (χ1n) is 8.89. The third-order valence-corrected chi connectivity index (χ3v) is 5.01. The molecule has 2 aliphatic rings. The minimum atomic E-state index is -0.348. The molecule has 2 aromatic rings. The highest BCUT2D eigenvalue weighted by Crippen LogP contribution is 2.28. The van der Waals surface area contributed by atoms with Crippen molar-refractivity contribution >= 4 is 22.6 Å². The van der Waals surface area contributed by atoms with Crippen molar-refractivity contribution in [1.29, 1.82) is 0 Å². The molecule has 1 aliphatic heterocycles. The number of carbonyl (C=O) groups excluding carboxylic acids is 1. The van der Waals surface area contributed by atoms with Crippen LogP contribution in [0.25, 0.3) is 11.0 Å². The zero-order valence-electron chi connectivity index (χ0n) is 14.5. The Bertz CT molecular complexity index is 849. The normalized spacial score (nSPS) is 19.2. The molecule has 1 aromatic heterocycles. The van der Waals surface area contributed by atoms with Crippen LogP contribution >= 0.6 is 0 Å². The maximum absolute atomic E-state index is 11.9. The predicted molar refractivity (Wildman–Crippen MR) is 96.7 cm³/mol. The molecule has 6 nitrogen and oxygen atoms in total. The van der Waals surface area contributed by atoms with Crippen LogP contribution in [0.15, 0.2) is 33.5 Å². The Morgan fingerprint density at radius 2 is 1.96 bits per heavy atom. The second-order valence-electron chi connectivity index (χ2n) is 7.03. The number of anilines is 1. The molecule has 0 unspecified atom stereocenters. The summed E-state index contributed by atoms with van der Waals surface area (Å²) in [7, 11) is 0. The van der Waals surface area contributed by atoms with Crippen molar-refractivity contribution in [2.45, 2.75) is 32.4 Å². The molecule has 0 spiro atoms. The van der Waals surface area contributed by atoms with E-state index in [1.165, 1.54) is 19.8 Å². The summed E-state index contributed by atoms with van der Waals surface area (Å²) in [6.07, 6.45) is 2.70. The van der Waals surface area contributed by atoms with Gasteiger partial charge >= 0.3 is 5.63 Å². The maximum atomic E-state index is 11.9. The molecule has 1 aliphatic carbocycles. The first-order chi connectivity index (χ1) is 12.1. The molecule has 0 radical (unpaired) electrons. The van der Waals surface area contributed by atoms with Gasteiger partial charge in [0.25, 0.3) is 0 Å². The van der Waals surface area contributed by atoms with Gasteiger partial charge in [-0.05, 0) is 30.5 Å². The molecule has 0 bridgehead atoms. The molecule has 1 saturated heterocycles. The SMILES string of the molecule is CC(=O)Nc1ccc2c(CN3CCN(C4CC4)CC3)cc(=O)oc2c1. The highest BCUT2D eigenvalue weighted by molar-refractivity contribution is 5.92. The average Bonchev–Trinajstić information content (AvgIpc) is 3.39. The molecule has 1 saturated carbocycles. The molecule has 2 heterocycles. The Morgan fingerprint density at radius 3 is 2.64 bits per heavy atom. The smallest absolute Gasteiger partial charge is 0.336 e. The van der Waals surface area contributed by atoms with Gasteiger partial charge in [0.1, 0.15) is 5.58 Å². The first kappa shape index (κ1) is 16.3.